The summed E-state index contributed by atoms with van der Waals surface area (Å²) >= 11 is 0. The average molecular weight is 796 g/mol. The van der Waals surface area contributed by atoms with Crippen LogP contribution < -0.4 is 31.4 Å². The zero-order valence-electron chi connectivity index (χ0n) is 28.9. The Morgan fingerprint density at radius 2 is 1.04 bits per heavy atom. The third-order valence-electron chi connectivity index (χ3n) is 7.53. The van der Waals surface area contributed by atoms with Crippen LogP contribution in [0.5, 0.6) is 0 Å². The zero-order chi connectivity index (χ0) is 35.4. The molecule has 0 aromatic heterocycles. The molecule has 0 atom stereocenters. The monoisotopic (exact) mass is 795 g/mol. The second kappa shape index (κ2) is 19.2. The smallest absolute Gasteiger partial charge is 0.406 e. The molecule has 260 valence electrons. The number of anilines is 3. The second-order valence-corrected chi connectivity index (χ2v) is 15.6. The minimum atomic E-state index is -3.67. The van der Waals surface area contributed by atoms with Crippen molar-refractivity contribution in [2.24, 2.45) is 0 Å². The fourth-order valence-corrected chi connectivity index (χ4v) is 8.21. The van der Waals surface area contributed by atoms with Gasteiger partial charge in [0.1, 0.15) is 15.9 Å². The van der Waals surface area contributed by atoms with Gasteiger partial charge >= 0.3 is 20.4 Å². The molecule has 0 saturated carbocycles. The molecule has 0 aliphatic rings. The Morgan fingerprint density at radius 1 is 0.600 bits per heavy atom. The normalized spacial score (nSPS) is 10.5. The van der Waals surface area contributed by atoms with Gasteiger partial charge < -0.3 is 15.5 Å². The molecule has 0 radical (unpaired) electrons. The first kappa shape index (κ1) is 40.2. The van der Waals surface area contributed by atoms with Gasteiger partial charge in [-0.15, -0.1) is 35.9 Å². The second-order valence-electron chi connectivity index (χ2n) is 11.7. The summed E-state index contributed by atoms with van der Waals surface area (Å²) in [6.07, 6.45) is 0.715. The molecule has 50 heavy (non-hydrogen) atoms. The van der Waals surface area contributed by atoms with Crippen molar-refractivity contribution >= 4 is 51.0 Å². The van der Waals surface area contributed by atoms with Gasteiger partial charge in [0, 0.05) is 50.7 Å². The summed E-state index contributed by atoms with van der Waals surface area (Å²) in [5, 5.41) is 4.22. The molecule has 6 nitrogen and oxygen atoms in total. The van der Waals surface area contributed by atoms with E-state index in [1.165, 1.54) is 38.4 Å². The quantitative estimate of drug-likeness (QED) is 0.0585. The van der Waals surface area contributed by atoms with Crippen molar-refractivity contribution in [2.45, 2.75) is 0 Å². The third-order valence-corrected chi connectivity index (χ3v) is 10.3. The number of hydrogen-bond acceptors (Lipinski definition) is 5. The van der Waals surface area contributed by atoms with Crippen molar-refractivity contribution < 1.29 is 33.4 Å². The van der Waals surface area contributed by atoms with E-state index in [-0.39, 0.29) is 20.4 Å². The third kappa shape index (κ3) is 11.4. The largest absolute Gasteiger partial charge is 2.00 e. The maximum Gasteiger partial charge on any atom is 2.00 e. The summed E-state index contributed by atoms with van der Waals surface area (Å²) in [6.45, 7) is 0. The van der Waals surface area contributed by atoms with E-state index in [0.717, 1.165) is 16.8 Å². The van der Waals surface area contributed by atoms with Crippen LogP contribution in [0.1, 0.15) is 0 Å². The van der Waals surface area contributed by atoms with Crippen molar-refractivity contribution in [3.05, 3.63) is 158 Å². The Kier molecular flexibility index (Phi) is 15.4. The van der Waals surface area contributed by atoms with Gasteiger partial charge in [0.2, 0.25) is 0 Å². The van der Waals surface area contributed by atoms with Gasteiger partial charge in [0.25, 0.3) is 10.1 Å². The van der Waals surface area contributed by atoms with E-state index in [0.29, 0.717) is 6.26 Å². The maximum absolute atomic E-state index is 9.19. The van der Waals surface area contributed by atoms with E-state index in [9.17, 15) is 8.42 Å². The average Bonchev–Trinajstić information content (AvgIpc) is 3.09. The molecule has 0 fully saturated rings. The first-order chi connectivity index (χ1) is 23.5. The van der Waals surface area contributed by atoms with Crippen LogP contribution in [0.15, 0.2) is 152 Å². The number of nitrogens with two attached hydrogens (primary N) is 1. The Labute approximate surface area is 312 Å². The molecule has 3 N–H and O–H groups in total. The number of hydrogen-bond donors (Lipinski definition) is 2. The van der Waals surface area contributed by atoms with Crippen LogP contribution in [0.25, 0.3) is 22.3 Å². The van der Waals surface area contributed by atoms with E-state index >= 15 is 0 Å². The van der Waals surface area contributed by atoms with Gasteiger partial charge in [-0.3, -0.25) is 4.55 Å². The fraction of sp³-hybridized carbons (Fsp3) is 0.122. The summed E-state index contributed by atoms with van der Waals surface area (Å²) in [5.41, 5.74) is 13.8. The molecule has 6 rings (SSSR count). The van der Waals surface area contributed by atoms with Crippen LogP contribution in [0.3, 0.4) is 0 Å². The summed E-state index contributed by atoms with van der Waals surface area (Å²) in [6, 6.07) is 56.3. The molecule has 0 bridgehead atoms. The zero-order valence-corrected chi connectivity index (χ0v) is 32.3. The van der Waals surface area contributed by atoms with E-state index in [1.54, 1.807) is 0 Å². The summed E-state index contributed by atoms with van der Waals surface area (Å²) in [5.74, 6) is 0. The molecule has 6 aromatic rings. The Hall–Kier alpha value is -4.28. The molecular weight excluding hydrogens is 752 g/mol. The van der Waals surface area contributed by atoms with Crippen LogP contribution >= 0.6 is 7.92 Å². The fourth-order valence-electron chi connectivity index (χ4n) is 5.46. The van der Waals surface area contributed by atoms with Crippen LogP contribution in [-0.2, 0) is 30.5 Å². The van der Waals surface area contributed by atoms with Crippen LogP contribution in [-0.4, -0.2) is 47.4 Å². The van der Waals surface area contributed by atoms with Crippen LogP contribution in [0.4, 0.5) is 17.1 Å². The molecule has 9 heteroatoms. The maximum atomic E-state index is 9.19. The number of rotatable bonds is 7. The van der Waals surface area contributed by atoms with Crippen molar-refractivity contribution in [3.63, 3.8) is 0 Å². The van der Waals surface area contributed by atoms with Crippen LogP contribution in [0.2, 0.25) is 0 Å². The minimum Gasteiger partial charge on any atom is -0.406 e. The summed E-state index contributed by atoms with van der Waals surface area (Å²) in [4.78, 5) is 4.44. The predicted molar refractivity (Wildman–Crippen MR) is 213 cm³/mol. The molecule has 0 amide bonds. The first-order valence-corrected chi connectivity index (χ1v) is 19.1. The van der Waals surface area contributed by atoms with Gasteiger partial charge in [-0.25, -0.2) is 0 Å². The Bertz CT molecular complexity index is 1960. The van der Waals surface area contributed by atoms with E-state index < -0.39 is 18.0 Å². The number of benzene rings is 6. The minimum absolute atomic E-state index is 0. The molecule has 0 saturated heterocycles. The Balaban J connectivity index is 0.000000293. The summed E-state index contributed by atoms with van der Waals surface area (Å²) < 4.78 is 25.9. The molecule has 0 aliphatic carbocycles. The molecule has 0 unspecified atom stereocenters. The first-order valence-electron chi connectivity index (χ1n) is 15.7. The molecule has 0 spiro atoms. The van der Waals surface area contributed by atoms with Gasteiger partial charge in [0.15, 0.2) is 0 Å². The van der Waals surface area contributed by atoms with Crippen LogP contribution in [0, 0.1) is 6.07 Å². The Morgan fingerprint density at radius 3 is 1.50 bits per heavy atom. The van der Waals surface area contributed by atoms with Gasteiger partial charge in [-0.2, -0.15) is 8.42 Å². The van der Waals surface area contributed by atoms with Gasteiger partial charge in [0.05, 0.1) is 14.2 Å². The van der Waals surface area contributed by atoms with E-state index in [2.05, 4.69) is 147 Å². The SMILES string of the molecule is CN(C)c1cccc(N(C)C)c1-c1ccccc1[PH+](c1ccccc1)c1ccccc1.CS(=O)(=O)O.Nc1ccccc1-c1[c-]cccc1.[Pd+2]. The van der Waals surface area contributed by atoms with Gasteiger partial charge in [-0.1, -0.05) is 84.4 Å². The van der Waals surface area contributed by atoms with Crippen molar-refractivity contribution in [3.8, 4) is 22.3 Å². The topological polar surface area (TPSA) is 86.9 Å². The number of para-hydroxylation sites is 1. The van der Waals surface area contributed by atoms with Crippen molar-refractivity contribution in [1.82, 2.24) is 0 Å². The summed E-state index contributed by atoms with van der Waals surface area (Å²) in [7, 11) is 3.66. The molecule has 0 aliphatic heterocycles. The van der Waals surface area contributed by atoms with E-state index in [1.807, 2.05) is 48.5 Å². The van der Waals surface area contributed by atoms with E-state index in [4.69, 9.17) is 10.3 Å². The molecular formula is C41H44N3O3PPdS+2. The van der Waals surface area contributed by atoms with Crippen molar-refractivity contribution in [1.29, 1.82) is 0 Å². The predicted octanol–water partition coefficient (Wildman–Crippen LogP) is 7.21. The standard InChI is InChI=1S/C28H29N2P.C12H10N.CH4O3S.Pd/c1-29(2)25-19-13-20-26(30(3)4)28(25)24-18-11-12-21-27(24)31(22-14-7-5-8-15-22)23-16-9-6-10-17-23;13-12-9-5-4-8-11(12)10-6-2-1-3-7-10;1-5(2,3)4;/h5-21H,1-4H3;1-6,8-9H,13H2;1H3,(H,2,3,4);/q;-1;;+2/p+1. The molecule has 0 heterocycles. The number of nitrogens with zero attached hydrogens (tertiary/aromatic N) is 2. The van der Waals surface area contributed by atoms with Gasteiger partial charge in [-0.05, 0) is 54.2 Å². The molecule has 6 aromatic carbocycles. The van der Waals surface area contributed by atoms with Crippen molar-refractivity contribution in [2.75, 3.05) is 50.0 Å². The number of nitrogen functional groups attached to an aromatic ring is 1.